The summed E-state index contributed by atoms with van der Waals surface area (Å²) in [5.74, 6) is 0. The zero-order chi connectivity index (χ0) is 24.6. The summed E-state index contributed by atoms with van der Waals surface area (Å²) in [6.45, 7) is 9.66. The summed E-state index contributed by atoms with van der Waals surface area (Å²) in [6.07, 6.45) is 2.25. The van der Waals surface area contributed by atoms with Crippen LogP contribution in [0.25, 0.3) is 22.3 Å². The van der Waals surface area contributed by atoms with E-state index in [1.165, 1.54) is 44.5 Å². The zero-order valence-corrected chi connectivity index (χ0v) is 21.2. The van der Waals surface area contributed by atoms with E-state index >= 15 is 0 Å². The number of nitrogen functional groups attached to an aromatic ring is 2. The molecular formula is C33H34N2. The molecule has 0 saturated carbocycles. The lowest BCUT2D eigenvalue weighted by Crippen LogP contribution is -2.27. The Morgan fingerprint density at radius 1 is 0.457 bits per heavy atom. The van der Waals surface area contributed by atoms with Gasteiger partial charge < -0.3 is 11.5 Å². The van der Waals surface area contributed by atoms with Gasteiger partial charge in [-0.05, 0) is 105 Å². The van der Waals surface area contributed by atoms with E-state index in [4.69, 9.17) is 11.5 Å². The maximum Gasteiger partial charge on any atom is 0.0314 e. The Morgan fingerprint density at radius 2 is 0.800 bits per heavy atom. The van der Waals surface area contributed by atoms with Crippen LogP contribution in [-0.2, 0) is 16.2 Å². The van der Waals surface area contributed by atoms with Gasteiger partial charge in [0, 0.05) is 16.8 Å². The number of rotatable bonds is 2. The number of nitrogens with two attached hydrogens (primary N) is 2. The summed E-state index contributed by atoms with van der Waals surface area (Å²) in [4.78, 5) is 0. The molecule has 4 aromatic rings. The molecule has 2 aliphatic carbocycles. The van der Waals surface area contributed by atoms with Gasteiger partial charge in [-0.2, -0.15) is 0 Å². The van der Waals surface area contributed by atoms with Gasteiger partial charge in [-0.15, -0.1) is 0 Å². The first kappa shape index (κ1) is 22.0. The van der Waals surface area contributed by atoms with Crippen molar-refractivity contribution in [3.05, 3.63) is 107 Å². The average molecular weight is 459 g/mol. The second-order valence-corrected chi connectivity index (χ2v) is 12.0. The number of benzene rings is 4. The van der Waals surface area contributed by atoms with Gasteiger partial charge in [-0.1, -0.05) is 76.2 Å². The molecule has 0 saturated heterocycles. The topological polar surface area (TPSA) is 52.0 Å². The number of hydrogen-bond acceptors (Lipinski definition) is 2. The van der Waals surface area contributed by atoms with E-state index in [2.05, 4.69) is 88.4 Å². The lowest BCUT2D eigenvalue weighted by Gasteiger charge is -2.31. The quantitative estimate of drug-likeness (QED) is 0.301. The Kier molecular flexibility index (Phi) is 4.55. The van der Waals surface area contributed by atoms with Crippen molar-refractivity contribution < 1.29 is 0 Å². The van der Waals surface area contributed by atoms with Gasteiger partial charge in [-0.25, -0.2) is 0 Å². The van der Waals surface area contributed by atoms with Crippen LogP contribution in [0.1, 0.15) is 62.8 Å². The van der Waals surface area contributed by atoms with Crippen LogP contribution >= 0.6 is 0 Å². The monoisotopic (exact) mass is 458 g/mol. The van der Waals surface area contributed by atoms with E-state index in [1.54, 1.807) is 0 Å². The summed E-state index contributed by atoms with van der Waals surface area (Å²) in [7, 11) is 0. The van der Waals surface area contributed by atoms with Gasteiger partial charge in [0.15, 0.2) is 0 Å². The van der Waals surface area contributed by atoms with Crippen LogP contribution in [0, 0.1) is 0 Å². The van der Waals surface area contributed by atoms with Gasteiger partial charge in [-0.3, -0.25) is 0 Å². The van der Waals surface area contributed by atoms with Crippen LogP contribution in [0.4, 0.5) is 11.4 Å². The molecule has 6 rings (SSSR count). The molecule has 0 atom stereocenters. The third kappa shape index (κ3) is 3.31. The predicted octanol–water partition coefficient (Wildman–Crippen LogP) is 7.83. The van der Waals surface area contributed by atoms with Crippen LogP contribution in [0.3, 0.4) is 0 Å². The van der Waals surface area contributed by atoms with Crippen molar-refractivity contribution in [3.8, 4) is 22.3 Å². The fraction of sp³-hybridized carbons (Fsp3) is 0.273. The summed E-state index contributed by atoms with van der Waals surface area (Å²) in [5, 5.41) is 0. The third-order valence-electron chi connectivity index (χ3n) is 8.50. The number of hydrogen-bond donors (Lipinski definition) is 2. The summed E-state index contributed by atoms with van der Waals surface area (Å²) < 4.78 is 0. The molecule has 2 heteroatoms. The van der Waals surface area contributed by atoms with Crippen LogP contribution in [0.2, 0.25) is 0 Å². The molecule has 176 valence electrons. The van der Waals surface area contributed by atoms with Crippen molar-refractivity contribution in [2.24, 2.45) is 0 Å². The Labute approximate surface area is 209 Å². The average Bonchev–Trinajstić information content (AvgIpc) is 3.19. The minimum atomic E-state index is 0.00526. The molecule has 0 fully saturated rings. The second-order valence-electron chi connectivity index (χ2n) is 12.0. The lowest BCUT2D eigenvalue weighted by atomic mass is 9.72. The van der Waals surface area contributed by atoms with Gasteiger partial charge in [0.1, 0.15) is 0 Å². The fourth-order valence-corrected chi connectivity index (χ4v) is 7.06. The molecule has 2 aliphatic rings. The van der Waals surface area contributed by atoms with E-state index in [0.717, 1.165) is 24.2 Å². The van der Waals surface area contributed by atoms with E-state index in [9.17, 15) is 0 Å². The Balaban J connectivity index is 1.57. The van der Waals surface area contributed by atoms with Crippen molar-refractivity contribution in [1.82, 2.24) is 0 Å². The normalized spacial score (nSPS) is 18.4. The molecule has 0 amide bonds. The van der Waals surface area contributed by atoms with E-state index < -0.39 is 0 Å². The standard InChI is InChI=1S/C33H34N2/c1-31(2)19-33(29-17-23(9-15-27(29)31)21-5-11-25(34)12-6-21)20-32(3,4)28-16-10-24(18-30(28)33)22-7-13-26(35)14-8-22/h5-18H,19-20,34-35H2,1-4H3. The van der Waals surface area contributed by atoms with Gasteiger partial charge in [0.25, 0.3) is 0 Å². The van der Waals surface area contributed by atoms with Crippen LogP contribution in [0.5, 0.6) is 0 Å². The molecule has 0 radical (unpaired) electrons. The molecule has 0 aromatic heterocycles. The first-order valence-electron chi connectivity index (χ1n) is 12.6. The number of anilines is 2. The SMILES string of the molecule is CC1(C)CC2(CC(C)(C)c3ccc(-c4ccc(N)cc4)cc32)c2cc(-c3ccc(N)cc3)ccc21. The molecule has 1 spiro atoms. The molecule has 0 heterocycles. The highest BCUT2D eigenvalue weighted by Crippen LogP contribution is 2.63. The zero-order valence-electron chi connectivity index (χ0n) is 21.2. The Bertz CT molecular complexity index is 1330. The van der Waals surface area contributed by atoms with Crippen molar-refractivity contribution in [2.45, 2.75) is 56.8 Å². The molecular weight excluding hydrogens is 424 g/mol. The smallest absolute Gasteiger partial charge is 0.0314 e. The van der Waals surface area contributed by atoms with Gasteiger partial charge in [0.05, 0.1) is 0 Å². The molecule has 0 unspecified atom stereocenters. The van der Waals surface area contributed by atoms with Gasteiger partial charge >= 0.3 is 0 Å². The minimum Gasteiger partial charge on any atom is -0.399 e. The van der Waals surface area contributed by atoms with Crippen LogP contribution < -0.4 is 11.5 Å². The summed E-state index contributed by atoms with van der Waals surface area (Å²) >= 11 is 0. The molecule has 0 bridgehead atoms. The molecule has 35 heavy (non-hydrogen) atoms. The van der Waals surface area contributed by atoms with Crippen LogP contribution in [0.15, 0.2) is 84.9 Å². The first-order valence-corrected chi connectivity index (χ1v) is 12.6. The predicted molar refractivity (Wildman–Crippen MR) is 149 cm³/mol. The minimum absolute atomic E-state index is 0.00526. The third-order valence-corrected chi connectivity index (χ3v) is 8.50. The van der Waals surface area contributed by atoms with Crippen molar-refractivity contribution >= 4 is 11.4 Å². The van der Waals surface area contributed by atoms with E-state index in [1.807, 2.05) is 24.3 Å². The summed E-state index contributed by atoms with van der Waals surface area (Å²) in [6, 6.07) is 30.8. The molecule has 4 N–H and O–H groups in total. The summed E-state index contributed by atoms with van der Waals surface area (Å²) in [5.41, 5.74) is 24.7. The van der Waals surface area contributed by atoms with E-state index in [0.29, 0.717) is 0 Å². The second kappa shape index (κ2) is 7.24. The maximum absolute atomic E-state index is 5.97. The Morgan fingerprint density at radius 3 is 1.17 bits per heavy atom. The highest BCUT2D eigenvalue weighted by atomic mass is 14.6. The molecule has 0 aliphatic heterocycles. The lowest BCUT2D eigenvalue weighted by molar-refractivity contribution is 0.350. The van der Waals surface area contributed by atoms with E-state index in [-0.39, 0.29) is 16.2 Å². The van der Waals surface area contributed by atoms with Crippen molar-refractivity contribution in [2.75, 3.05) is 11.5 Å². The first-order chi connectivity index (χ1) is 16.6. The van der Waals surface area contributed by atoms with Crippen molar-refractivity contribution in [1.29, 1.82) is 0 Å². The van der Waals surface area contributed by atoms with Crippen molar-refractivity contribution in [3.63, 3.8) is 0 Å². The largest absolute Gasteiger partial charge is 0.399 e. The fourth-order valence-electron chi connectivity index (χ4n) is 7.06. The number of fused-ring (bicyclic) bond motifs is 4. The highest BCUT2D eigenvalue weighted by Gasteiger charge is 2.56. The highest BCUT2D eigenvalue weighted by molar-refractivity contribution is 5.73. The maximum atomic E-state index is 5.97. The van der Waals surface area contributed by atoms with Gasteiger partial charge in [0.2, 0.25) is 0 Å². The molecule has 4 aromatic carbocycles. The molecule has 2 nitrogen and oxygen atoms in total. The Hall–Kier alpha value is -3.52. The van der Waals surface area contributed by atoms with Crippen LogP contribution in [-0.4, -0.2) is 0 Å².